The molecule has 0 aliphatic rings. The molecule has 0 spiro atoms. The van der Waals surface area contributed by atoms with Gasteiger partial charge in [-0.25, -0.2) is 14.7 Å². The lowest BCUT2D eigenvalue weighted by Gasteiger charge is -2.19. The molecule has 0 fully saturated rings. The molecule has 1 heterocycles. The number of aromatic carboxylic acids is 1. The summed E-state index contributed by atoms with van der Waals surface area (Å²) in [6.45, 7) is 2.68. The molecule has 1 aromatic heterocycles. The molecular weight excluding hydrogens is 332 g/mol. The van der Waals surface area contributed by atoms with Gasteiger partial charge >= 0.3 is 5.97 Å². The summed E-state index contributed by atoms with van der Waals surface area (Å²) in [5, 5.41) is 9.05. The highest BCUT2D eigenvalue weighted by Crippen LogP contribution is 2.21. The van der Waals surface area contributed by atoms with Crippen LogP contribution in [0.1, 0.15) is 34.7 Å². The molecule has 5 N–H and O–H groups in total. The third-order valence-corrected chi connectivity index (χ3v) is 2.93. The summed E-state index contributed by atoms with van der Waals surface area (Å²) >= 11 is 0. The van der Waals surface area contributed by atoms with E-state index in [1.807, 2.05) is 13.8 Å². The first-order chi connectivity index (χ1) is 11.7. The van der Waals surface area contributed by atoms with Gasteiger partial charge < -0.3 is 21.3 Å². The van der Waals surface area contributed by atoms with Crippen LogP contribution >= 0.6 is 0 Å². The van der Waals surface area contributed by atoms with E-state index in [0.717, 1.165) is 12.3 Å². The maximum atomic E-state index is 12.6. The second kappa shape index (κ2) is 8.85. The minimum Gasteiger partial charge on any atom is -0.491 e. The van der Waals surface area contributed by atoms with Crippen LogP contribution in [0.15, 0.2) is 12.3 Å². The van der Waals surface area contributed by atoms with Gasteiger partial charge in [0.05, 0.1) is 25.3 Å². The predicted octanol–water partition coefficient (Wildman–Crippen LogP) is -0.773. The topological polar surface area (TPSA) is 166 Å². The van der Waals surface area contributed by atoms with Gasteiger partial charge in [0.1, 0.15) is 0 Å². The van der Waals surface area contributed by atoms with Crippen molar-refractivity contribution < 1.29 is 29.0 Å². The van der Waals surface area contributed by atoms with Crippen molar-refractivity contribution in [2.75, 3.05) is 19.7 Å². The second-order valence-electron chi connectivity index (χ2n) is 5.42. The Kier molecular flexibility index (Phi) is 7.15. The summed E-state index contributed by atoms with van der Waals surface area (Å²) in [5.41, 5.74) is 9.84. The number of carboxylic acids is 1. The van der Waals surface area contributed by atoms with Crippen LogP contribution in [0.5, 0.6) is 5.75 Å². The summed E-state index contributed by atoms with van der Waals surface area (Å²) in [6.07, 6.45) is 0.926. The maximum Gasteiger partial charge on any atom is 0.337 e. The van der Waals surface area contributed by atoms with E-state index < -0.39 is 36.8 Å². The Morgan fingerprint density at radius 3 is 2.20 bits per heavy atom. The number of rotatable bonds is 7. The average molecular weight is 352 g/mol. The Hall–Kier alpha value is -2.85. The summed E-state index contributed by atoms with van der Waals surface area (Å²) in [6, 6.07) is 1.10. The highest BCUT2D eigenvalue weighted by atomic mass is 16.5. The van der Waals surface area contributed by atoms with E-state index >= 15 is 0 Å². The molecule has 0 aliphatic carbocycles. The standard InChI is InChI=1S/C15H20N4O6/c1-8(2)7-25-10-3-9(15(23)24)6-18-13(10)14(22)19(11(20)4-16)12(21)5-17/h3,6,8H,4-5,7,16-17H2,1-2H3,(H,23,24). The van der Waals surface area contributed by atoms with Crippen molar-refractivity contribution in [3.8, 4) is 5.75 Å². The zero-order valence-corrected chi connectivity index (χ0v) is 13.9. The number of nitrogens with zero attached hydrogens (tertiary/aromatic N) is 2. The van der Waals surface area contributed by atoms with E-state index in [2.05, 4.69) is 4.98 Å². The van der Waals surface area contributed by atoms with Crippen LogP contribution in [0.4, 0.5) is 0 Å². The van der Waals surface area contributed by atoms with Crippen molar-refractivity contribution in [2.45, 2.75) is 13.8 Å². The zero-order valence-electron chi connectivity index (χ0n) is 13.9. The van der Waals surface area contributed by atoms with Crippen LogP contribution in [-0.2, 0) is 9.59 Å². The lowest BCUT2D eigenvalue weighted by Crippen LogP contribution is -2.47. The Morgan fingerprint density at radius 1 is 1.20 bits per heavy atom. The molecule has 0 unspecified atom stereocenters. The van der Waals surface area contributed by atoms with Gasteiger partial charge in [0.15, 0.2) is 11.4 Å². The fraction of sp³-hybridized carbons (Fsp3) is 0.400. The molecule has 1 aromatic rings. The highest BCUT2D eigenvalue weighted by molar-refractivity contribution is 6.17. The average Bonchev–Trinajstić information content (AvgIpc) is 2.58. The quantitative estimate of drug-likeness (QED) is 0.571. The fourth-order valence-electron chi connectivity index (χ4n) is 1.74. The van der Waals surface area contributed by atoms with Crippen LogP contribution in [0.25, 0.3) is 0 Å². The smallest absolute Gasteiger partial charge is 0.337 e. The molecule has 3 amide bonds. The van der Waals surface area contributed by atoms with Gasteiger partial charge in [0, 0.05) is 6.20 Å². The zero-order chi connectivity index (χ0) is 19.1. The number of hydrogen-bond acceptors (Lipinski definition) is 8. The predicted molar refractivity (Wildman–Crippen MR) is 85.8 cm³/mol. The van der Waals surface area contributed by atoms with Gasteiger partial charge in [-0.15, -0.1) is 0 Å². The molecule has 136 valence electrons. The summed E-state index contributed by atoms with van der Waals surface area (Å²) in [5.74, 6) is -4.35. The molecule has 0 radical (unpaired) electrons. The third kappa shape index (κ3) is 5.06. The highest BCUT2D eigenvalue weighted by Gasteiger charge is 2.31. The molecule has 10 heteroatoms. The Balaban J connectivity index is 3.35. The first-order valence-electron chi connectivity index (χ1n) is 7.39. The lowest BCUT2D eigenvalue weighted by atomic mass is 10.2. The van der Waals surface area contributed by atoms with Crippen molar-refractivity contribution in [2.24, 2.45) is 17.4 Å². The van der Waals surface area contributed by atoms with Gasteiger partial charge in [0.25, 0.3) is 5.91 Å². The van der Waals surface area contributed by atoms with Gasteiger partial charge in [-0.05, 0) is 12.0 Å². The molecule has 0 bridgehead atoms. The van der Waals surface area contributed by atoms with Crippen LogP contribution in [0, 0.1) is 5.92 Å². The van der Waals surface area contributed by atoms with Crippen molar-refractivity contribution in [1.29, 1.82) is 0 Å². The molecule has 1 rings (SSSR count). The number of carbonyl (C=O) groups is 4. The van der Waals surface area contributed by atoms with E-state index in [9.17, 15) is 19.2 Å². The number of hydrogen-bond donors (Lipinski definition) is 3. The van der Waals surface area contributed by atoms with E-state index in [1.54, 1.807) is 0 Å². The van der Waals surface area contributed by atoms with Gasteiger partial charge in [-0.3, -0.25) is 14.4 Å². The summed E-state index contributed by atoms with van der Waals surface area (Å²) < 4.78 is 5.43. The van der Waals surface area contributed by atoms with Crippen molar-refractivity contribution in [1.82, 2.24) is 9.88 Å². The number of imide groups is 3. The van der Waals surface area contributed by atoms with E-state index in [-0.39, 0.29) is 34.4 Å². The summed E-state index contributed by atoms with van der Waals surface area (Å²) in [4.78, 5) is 51.3. The number of ether oxygens (including phenoxy) is 1. The fourth-order valence-corrected chi connectivity index (χ4v) is 1.74. The van der Waals surface area contributed by atoms with Crippen molar-refractivity contribution in [3.63, 3.8) is 0 Å². The van der Waals surface area contributed by atoms with Gasteiger partial charge in [0.2, 0.25) is 11.8 Å². The molecule has 0 saturated heterocycles. The van der Waals surface area contributed by atoms with Crippen LogP contribution in [0.2, 0.25) is 0 Å². The normalized spacial score (nSPS) is 10.4. The number of aromatic nitrogens is 1. The molecule has 0 aromatic carbocycles. The third-order valence-electron chi connectivity index (χ3n) is 2.93. The van der Waals surface area contributed by atoms with Crippen LogP contribution in [-0.4, -0.2) is 58.4 Å². The minimum absolute atomic E-state index is 0.0730. The Bertz CT molecular complexity index is 673. The largest absolute Gasteiger partial charge is 0.491 e. The van der Waals surface area contributed by atoms with E-state index in [1.165, 1.54) is 0 Å². The van der Waals surface area contributed by atoms with Gasteiger partial charge in [-0.2, -0.15) is 0 Å². The van der Waals surface area contributed by atoms with Crippen molar-refractivity contribution >= 4 is 23.7 Å². The first kappa shape index (κ1) is 20.2. The minimum atomic E-state index is -1.27. The second-order valence-corrected chi connectivity index (χ2v) is 5.42. The molecule has 0 saturated carbocycles. The molecule has 25 heavy (non-hydrogen) atoms. The van der Waals surface area contributed by atoms with Crippen molar-refractivity contribution in [3.05, 3.63) is 23.5 Å². The van der Waals surface area contributed by atoms with Crippen LogP contribution in [0.3, 0.4) is 0 Å². The molecular formula is C15H20N4O6. The Morgan fingerprint density at radius 2 is 1.76 bits per heavy atom. The van der Waals surface area contributed by atoms with Gasteiger partial charge in [-0.1, -0.05) is 13.8 Å². The number of amides is 3. The molecule has 0 aliphatic heterocycles. The van der Waals surface area contributed by atoms with E-state index in [4.69, 9.17) is 21.3 Å². The number of nitrogens with two attached hydrogens (primary N) is 2. The first-order valence-corrected chi connectivity index (χ1v) is 7.39. The maximum absolute atomic E-state index is 12.6. The Labute approximate surface area is 143 Å². The van der Waals surface area contributed by atoms with Crippen LogP contribution < -0.4 is 16.2 Å². The van der Waals surface area contributed by atoms with E-state index in [0.29, 0.717) is 0 Å². The number of carboxylic acid groups (broad SMARTS) is 1. The SMILES string of the molecule is CC(C)COc1cc(C(=O)O)cnc1C(=O)N(C(=O)CN)C(=O)CN. The monoisotopic (exact) mass is 352 g/mol. The molecule has 10 nitrogen and oxygen atoms in total. The molecule has 0 atom stereocenters. The summed E-state index contributed by atoms with van der Waals surface area (Å²) in [7, 11) is 0. The lowest BCUT2D eigenvalue weighted by molar-refractivity contribution is -0.139. The number of pyridine rings is 1. The number of carbonyl (C=O) groups excluding carboxylic acids is 3.